The number of methoxy groups -OCH3 is 2. The van der Waals surface area contributed by atoms with E-state index in [2.05, 4.69) is 11.8 Å². The van der Waals surface area contributed by atoms with Crippen LogP contribution in [-0.4, -0.2) is 85.1 Å². The Morgan fingerprint density at radius 1 is 1.09 bits per heavy atom. The molecule has 1 atom stereocenters. The standard InChI is InChI=1S/C27H36N4O4/c1-5-30(20(2)19-21-9-11-22(33-3)12-10-21)27(32)25-23-7-6-8-24(34-4)26(23)31(28-25)14-13-29-15-17-35-18-16-29/h6-12,20H,5,13-19H2,1-4H3. The van der Waals surface area contributed by atoms with E-state index in [0.717, 1.165) is 67.2 Å². The molecule has 8 heteroatoms. The van der Waals surface area contributed by atoms with Crippen LogP contribution < -0.4 is 9.47 Å². The van der Waals surface area contributed by atoms with E-state index in [0.29, 0.717) is 18.8 Å². The number of likely N-dealkylation sites (N-methyl/N-ethyl adjacent to an activating group) is 1. The van der Waals surface area contributed by atoms with E-state index in [1.807, 2.05) is 59.0 Å². The molecule has 1 aliphatic rings. The van der Waals surface area contributed by atoms with Crippen LogP contribution in [-0.2, 0) is 17.7 Å². The molecule has 0 spiro atoms. The summed E-state index contributed by atoms with van der Waals surface area (Å²) in [7, 11) is 3.32. The van der Waals surface area contributed by atoms with Crippen LogP contribution in [0.2, 0.25) is 0 Å². The minimum atomic E-state index is -0.0584. The number of rotatable bonds is 10. The van der Waals surface area contributed by atoms with Gasteiger partial charge in [-0.25, -0.2) is 0 Å². The maximum atomic E-state index is 13.8. The number of aromatic nitrogens is 2. The maximum Gasteiger partial charge on any atom is 0.275 e. The second kappa shape index (κ2) is 11.6. The molecule has 0 N–H and O–H groups in total. The molecule has 0 saturated carbocycles. The van der Waals surface area contributed by atoms with E-state index in [1.165, 1.54) is 0 Å². The fourth-order valence-electron chi connectivity index (χ4n) is 4.75. The first-order valence-electron chi connectivity index (χ1n) is 12.3. The number of nitrogens with zero attached hydrogens (tertiary/aromatic N) is 4. The molecular formula is C27H36N4O4. The highest BCUT2D eigenvalue weighted by Crippen LogP contribution is 2.29. The zero-order chi connectivity index (χ0) is 24.8. The maximum absolute atomic E-state index is 13.8. The summed E-state index contributed by atoms with van der Waals surface area (Å²) in [5.41, 5.74) is 2.50. The van der Waals surface area contributed by atoms with Crippen LogP contribution in [0.5, 0.6) is 11.5 Å². The third kappa shape index (κ3) is 5.60. The van der Waals surface area contributed by atoms with Crippen LogP contribution in [0, 0.1) is 0 Å². The van der Waals surface area contributed by atoms with Crippen molar-refractivity contribution in [2.75, 3.05) is 53.6 Å². The van der Waals surface area contributed by atoms with Crippen molar-refractivity contribution in [3.8, 4) is 11.5 Å². The Balaban J connectivity index is 1.59. The lowest BCUT2D eigenvalue weighted by Crippen LogP contribution is -2.40. The highest BCUT2D eigenvalue weighted by molar-refractivity contribution is 6.06. The number of hydrogen-bond acceptors (Lipinski definition) is 6. The van der Waals surface area contributed by atoms with E-state index in [-0.39, 0.29) is 11.9 Å². The summed E-state index contributed by atoms with van der Waals surface area (Å²) in [5.74, 6) is 1.50. The Morgan fingerprint density at radius 3 is 2.49 bits per heavy atom. The Morgan fingerprint density at radius 2 is 1.83 bits per heavy atom. The average molecular weight is 481 g/mol. The van der Waals surface area contributed by atoms with Crippen LogP contribution in [0.25, 0.3) is 10.9 Å². The fraction of sp³-hybridized carbons (Fsp3) is 0.481. The molecule has 2 heterocycles. The van der Waals surface area contributed by atoms with Gasteiger partial charge >= 0.3 is 0 Å². The summed E-state index contributed by atoms with van der Waals surface area (Å²) in [6.07, 6.45) is 0.753. The topological polar surface area (TPSA) is 69.1 Å². The van der Waals surface area contributed by atoms with Crippen LogP contribution in [0.4, 0.5) is 0 Å². The second-order valence-corrected chi connectivity index (χ2v) is 8.87. The molecule has 35 heavy (non-hydrogen) atoms. The van der Waals surface area contributed by atoms with Gasteiger partial charge in [-0.1, -0.05) is 24.3 Å². The van der Waals surface area contributed by atoms with E-state index in [1.54, 1.807) is 14.2 Å². The van der Waals surface area contributed by atoms with E-state index < -0.39 is 0 Å². The number of hydrogen-bond donors (Lipinski definition) is 0. The first kappa shape index (κ1) is 25.0. The Labute approximate surface area is 207 Å². The van der Waals surface area contributed by atoms with Gasteiger partial charge in [0.05, 0.1) is 34.0 Å². The summed E-state index contributed by atoms with van der Waals surface area (Å²) in [6.45, 7) is 9.56. The zero-order valence-electron chi connectivity index (χ0n) is 21.2. The Kier molecular flexibility index (Phi) is 8.25. The quantitative estimate of drug-likeness (QED) is 0.443. The number of morpholine rings is 1. The summed E-state index contributed by atoms with van der Waals surface area (Å²) < 4.78 is 18.3. The van der Waals surface area contributed by atoms with Gasteiger partial charge in [0.15, 0.2) is 5.69 Å². The molecule has 1 aliphatic heterocycles. The van der Waals surface area contributed by atoms with Gasteiger partial charge in [-0.05, 0) is 44.0 Å². The summed E-state index contributed by atoms with van der Waals surface area (Å²) in [6, 6.07) is 13.8. The first-order valence-corrected chi connectivity index (χ1v) is 12.3. The summed E-state index contributed by atoms with van der Waals surface area (Å²) in [4.78, 5) is 18.1. The average Bonchev–Trinajstić information content (AvgIpc) is 3.28. The predicted molar refractivity (Wildman–Crippen MR) is 136 cm³/mol. The molecule has 8 nitrogen and oxygen atoms in total. The molecule has 1 saturated heterocycles. The number of ether oxygens (including phenoxy) is 3. The lowest BCUT2D eigenvalue weighted by atomic mass is 10.0. The summed E-state index contributed by atoms with van der Waals surface area (Å²) >= 11 is 0. The van der Waals surface area contributed by atoms with Crippen molar-refractivity contribution in [2.24, 2.45) is 0 Å². The lowest BCUT2D eigenvalue weighted by Gasteiger charge is -2.28. The lowest BCUT2D eigenvalue weighted by molar-refractivity contribution is 0.0361. The number of fused-ring (bicyclic) bond motifs is 1. The molecule has 1 amide bonds. The molecule has 2 aromatic carbocycles. The number of benzene rings is 2. The third-order valence-corrected chi connectivity index (χ3v) is 6.71. The number of carbonyl (C=O) groups is 1. The van der Waals surface area contributed by atoms with Crippen molar-refractivity contribution in [3.63, 3.8) is 0 Å². The number of para-hydroxylation sites is 1. The number of carbonyl (C=O) groups excluding carboxylic acids is 1. The van der Waals surface area contributed by atoms with Gasteiger partial charge in [0.25, 0.3) is 5.91 Å². The molecule has 3 aromatic rings. The molecule has 0 aliphatic carbocycles. The summed E-state index contributed by atoms with van der Waals surface area (Å²) in [5, 5.41) is 5.66. The van der Waals surface area contributed by atoms with Gasteiger partial charge in [-0.2, -0.15) is 5.10 Å². The van der Waals surface area contributed by atoms with Crippen molar-refractivity contribution in [1.82, 2.24) is 19.6 Å². The van der Waals surface area contributed by atoms with Crippen LogP contribution in [0.15, 0.2) is 42.5 Å². The van der Waals surface area contributed by atoms with E-state index >= 15 is 0 Å². The van der Waals surface area contributed by atoms with Gasteiger partial charge in [0, 0.05) is 37.6 Å². The Bertz CT molecular complexity index is 1120. The fourth-order valence-corrected chi connectivity index (χ4v) is 4.75. The molecule has 1 unspecified atom stereocenters. The van der Waals surface area contributed by atoms with Gasteiger partial charge < -0.3 is 19.1 Å². The van der Waals surface area contributed by atoms with Crippen molar-refractivity contribution >= 4 is 16.8 Å². The van der Waals surface area contributed by atoms with Crippen molar-refractivity contribution in [2.45, 2.75) is 32.9 Å². The normalized spacial score (nSPS) is 15.2. The molecule has 1 fully saturated rings. The molecular weight excluding hydrogens is 444 g/mol. The second-order valence-electron chi connectivity index (χ2n) is 8.87. The highest BCUT2D eigenvalue weighted by atomic mass is 16.5. The van der Waals surface area contributed by atoms with Crippen molar-refractivity contribution in [3.05, 3.63) is 53.7 Å². The van der Waals surface area contributed by atoms with Gasteiger partial charge in [-0.3, -0.25) is 14.4 Å². The SMILES string of the molecule is CCN(C(=O)c1nn(CCN2CCOCC2)c2c(OC)cccc12)C(C)Cc1ccc(OC)cc1. The van der Waals surface area contributed by atoms with Crippen molar-refractivity contribution in [1.29, 1.82) is 0 Å². The largest absolute Gasteiger partial charge is 0.497 e. The highest BCUT2D eigenvalue weighted by Gasteiger charge is 2.27. The molecule has 0 bridgehead atoms. The van der Waals surface area contributed by atoms with E-state index in [9.17, 15) is 4.79 Å². The zero-order valence-corrected chi connectivity index (χ0v) is 21.2. The number of amides is 1. The van der Waals surface area contributed by atoms with Crippen molar-refractivity contribution < 1.29 is 19.0 Å². The molecule has 4 rings (SSSR count). The van der Waals surface area contributed by atoms with Gasteiger partial charge in [0.2, 0.25) is 0 Å². The van der Waals surface area contributed by atoms with Crippen LogP contribution in [0.3, 0.4) is 0 Å². The first-order chi connectivity index (χ1) is 17.0. The smallest absolute Gasteiger partial charge is 0.275 e. The molecule has 0 radical (unpaired) electrons. The van der Waals surface area contributed by atoms with Gasteiger partial charge in [0.1, 0.15) is 17.0 Å². The molecule has 1 aromatic heterocycles. The van der Waals surface area contributed by atoms with Crippen LogP contribution >= 0.6 is 0 Å². The van der Waals surface area contributed by atoms with Crippen LogP contribution in [0.1, 0.15) is 29.9 Å². The van der Waals surface area contributed by atoms with E-state index in [4.69, 9.17) is 19.3 Å². The monoisotopic (exact) mass is 480 g/mol. The predicted octanol–water partition coefficient (Wildman–Crippen LogP) is 3.48. The minimum Gasteiger partial charge on any atom is -0.497 e. The Hall–Kier alpha value is -3.10. The molecule has 188 valence electrons. The van der Waals surface area contributed by atoms with Gasteiger partial charge in [-0.15, -0.1) is 0 Å². The minimum absolute atomic E-state index is 0.0139. The third-order valence-electron chi connectivity index (χ3n) is 6.71.